The number of anilines is 1. The van der Waals surface area contributed by atoms with Crippen molar-refractivity contribution in [2.75, 3.05) is 5.32 Å². The molecule has 0 bridgehead atoms. The van der Waals surface area contributed by atoms with Crippen molar-refractivity contribution in [2.45, 2.75) is 6.92 Å². The minimum absolute atomic E-state index is 0.123. The summed E-state index contributed by atoms with van der Waals surface area (Å²) < 4.78 is 15.6. The summed E-state index contributed by atoms with van der Waals surface area (Å²) in [5.41, 5.74) is 1.43. The minimum Gasteiger partial charge on any atom is -0.322 e. The molecule has 0 aliphatic carbocycles. The van der Waals surface area contributed by atoms with E-state index in [0.29, 0.717) is 16.5 Å². The van der Waals surface area contributed by atoms with Crippen molar-refractivity contribution in [3.05, 3.63) is 65.2 Å². The Morgan fingerprint density at radius 2 is 2.00 bits per heavy atom. The fourth-order valence-corrected chi connectivity index (χ4v) is 3.39. The van der Waals surface area contributed by atoms with Gasteiger partial charge >= 0.3 is 0 Å². The molecule has 0 aliphatic rings. The molecule has 2 aromatic heterocycles. The maximum absolute atomic E-state index is 13.9. The van der Waals surface area contributed by atoms with Crippen molar-refractivity contribution in [1.82, 2.24) is 19.8 Å². The van der Waals surface area contributed by atoms with E-state index in [1.54, 1.807) is 16.6 Å². The third kappa shape index (κ3) is 3.14. The normalized spacial score (nSPS) is 10.7. The molecule has 4 aromatic rings. The second kappa shape index (κ2) is 6.59. The van der Waals surface area contributed by atoms with Crippen LogP contribution in [-0.2, 0) is 0 Å². The molecule has 7 nitrogen and oxygen atoms in total. The van der Waals surface area contributed by atoms with Crippen LogP contribution in [0.15, 0.2) is 42.5 Å². The molecule has 0 fully saturated rings. The zero-order valence-electron chi connectivity index (χ0n) is 14.0. The molecule has 9 heteroatoms. The summed E-state index contributed by atoms with van der Waals surface area (Å²) in [6.07, 6.45) is 0. The molecule has 27 heavy (non-hydrogen) atoms. The lowest BCUT2D eigenvalue weighted by Gasteiger charge is -2.07. The Labute approximate surface area is 156 Å². The van der Waals surface area contributed by atoms with Gasteiger partial charge in [0.2, 0.25) is 4.96 Å². The lowest BCUT2D eigenvalue weighted by Crippen LogP contribution is -2.13. The number of carbonyl (C=O) groups excluding carboxylic acids is 1. The van der Waals surface area contributed by atoms with Crippen LogP contribution in [-0.4, -0.2) is 25.7 Å². The first-order valence-electron chi connectivity index (χ1n) is 7.85. The molecule has 1 N–H and O–H groups in total. The number of fused-ring (bicyclic) bond motifs is 1. The van der Waals surface area contributed by atoms with Gasteiger partial charge in [0.1, 0.15) is 10.8 Å². The summed E-state index contributed by atoms with van der Waals surface area (Å²) in [6, 6.07) is 12.6. The van der Waals surface area contributed by atoms with Crippen LogP contribution in [0.1, 0.15) is 21.7 Å². The van der Waals surface area contributed by atoms with Gasteiger partial charge in [-0.25, -0.2) is 4.39 Å². The molecular weight excluding hydrogens is 367 g/mol. The van der Waals surface area contributed by atoms with Gasteiger partial charge in [-0.2, -0.15) is 14.9 Å². The Hall–Kier alpha value is -3.64. The number of nitriles is 1. The SMILES string of the molecule is Cc1nnc2sc(-c3ccc(NC(=O)c4ccc(C#N)cc4F)cc3)nn12. The number of aromatic nitrogens is 4. The molecule has 0 saturated carbocycles. The van der Waals surface area contributed by atoms with Crippen LogP contribution >= 0.6 is 11.3 Å². The predicted octanol–water partition coefficient (Wildman–Crippen LogP) is 3.42. The maximum atomic E-state index is 13.9. The molecule has 132 valence electrons. The third-order valence-corrected chi connectivity index (χ3v) is 4.83. The van der Waals surface area contributed by atoms with Gasteiger partial charge in [0, 0.05) is 11.3 Å². The van der Waals surface area contributed by atoms with Crippen LogP contribution in [0.3, 0.4) is 0 Å². The van der Waals surface area contributed by atoms with Crippen LogP contribution in [0.25, 0.3) is 15.5 Å². The first-order chi connectivity index (χ1) is 13.0. The smallest absolute Gasteiger partial charge is 0.258 e. The Balaban J connectivity index is 1.54. The third-order valence-electron chi connectivity index (χ3n) is 3.88. The number of nitrogens with one attached hydrogen (secondary N) is 1. The van der Waals surface area contributed by atoms with Gasteiger partial charge in [-0.15, -0.1) is 10.2 Å². The van der Waals surface area contributed by atoms with E-state index in [4.69, 9.17) is 5.26 Å². The van der Waals surface area contributed by atoms with E-state index >= 15 is 0 Å². The molecule has 0 unspecified atom stereocenters. The standard InChI is InChI=1S/C18H11FN6OS/c1-10-22-23-18-25(10)24-17(27-18)12-3-5-13(6-4-12)21-16(26)14-7-2-11(9-20)8-15(14)19/h2-8H,1H3,(H,21,26). The fourth-order valence-electron chi connectivity index (χ4n) is 2.49. The summed E-state index contributed by atoms with van der Waals surface area (Å²) in [6.45, 7) is 1.82. The van der Waals surface area contributed by atoms with Crippen molar-refractivity contribution in [2.24, 2.45) is 0 Å². The molecule has 2 heterocycles. The van der Waals surface area contributed by atoms with Crippen molar-refractivity contribution < 1.29 is 9.18 Å². The topological polar surface area (TPSA) is 96.0 Å². The number of halogens is 1. The van der Waals surface area contributed by atoms with E-state index in [-0.39, 0.29) is 11.1 Å². The molecule has 0 radical (unpaired) electrons. The first kappa shape index (κ1) is 16.8. The van der Waals surface area contributed by atoms with Gasteiger partial charge < -0.3 is 5.32 Å². The molecule has 2 aromatic carbocycles. The average molecular weight is 378 g/mol. The summed E-state index contributed by atoms with van der Waals surface area (Å²) >= 11 is 1.41. The molecular formula is C18H11FN6OS. The number of aryl methyl sites for hydroxylation is 1. The van der Waals surface area contributed by atoms with E-state index in [2.05, 4.69) is 20.6 Å². The summed E-state index contributed by atoms with van der Waals surface area (Å²) in [7, 11) is 0. The minimum atomic E-state index is -0.738. The predicted molar refractivity (Wildman–Crippen MR) is 97.9 cm³/mol. The first-order valence-corrected chi connectivity index (χ1v) is 8.67. The lowest BCUT2D eigenvalue weighted by atomic mass is 10.1. The number of nitrogens with zero attached hydrogens (tertiary/aromatic N) is 5. The zero-order valence-corrected chi connectivity index (χ0v) is 14.8. The van der Waals surface area contributed by atoms with Gasteiger partial charge in [0.25, 0.3) is 5.91 Å². The number of amides is 1. The average Bonchev–Trinajstić information content (AvgIpc) is 3.24. The van der Waals surface area contributed by atoms with Crippen LogP contribution in [0.4, 0.5) is 10.1 Å². The fraction of sp³-hybridized carbons (Fsp3) is 0.0556. The molecule has 0 spiro atoms. The number of rotatable bonds is 3. The molecule has 0 atom stereocenters. The largest absolute Gasteiger partial charge is 0.322 e. The highest BCUT2D eigenvalue weighted by Crippen LogP contribution is 2.26. The molecule has 4 rings (SSSR count). The van der Waals surface area contributed by atoms with E-state index in [0.717, 1.165) is 16.6 Å². The highest BCUT2D eigenvalue weighted by molar-refractivity contribution is 7.19. The Kier molecular flexibility index (Phi) is 4.10. The van der Waals surface area contributed by atoms with Gasteiger partial charge in [-0.1, -0.05) is 11.3 Å². The van der Waals surface area contributed by atoms with Crippen LogP contribution in [0, 0.1) is 24.1 Å². The summed E-state index contributed by atoms with van der Waals surface area (Å²) in [4.78, 5) is 13.0. The Morgan fingerprint density at radius 3 is 2.67 bits per heavy atom. The van der Waals surface area contributed by atoms with Crippen molar-refractivity contribution in [3.8, 4) is 16.6 Å². The van der Waals surface area contributed by atoms with Gasteiger partial charge in [0.05, 0.1) is 17.2 Å². The van der Waals surface area contributed by atoms with Crippen molar-refractivity contribution in [3.63, 3.8) is 0 Å². The molecule has 0 aliphatic heterocycles. The molecule has 0 saturated heterocycles. The Bertz CT molecular complexity index is 1210. The second-order valence-electron chi connectivity index (χ2n) is 5.69. The maximum Gasteiger partial charge on any atom is 0.258 e. The molecule has 1 amide bonds. The second-order valence-corrected chi connectivity index (χ2v) is 6.64. The number of benzene rings is 2. The van der Waals surface area contributed by atoms with Gasteiger partial charge in [-0.3, -0.25) is 4.79 Å². The van der Waals surface area contributed by atoms with Crippen LogP contribution < -0.4 is 5.32 Å². The highest BCUT2D eigenvalue weighted by Gasteiger charge is 2.14. The van der Waals surface area contributed by atoms with Crippen LogP contribution in [0.2, 0.25) is 0 Å². The number of hydrogen-bond acceptors (Lipinski definition) is 6. The lowest BCUT2D eigenvalue weighted by molar-refractivity contribution is 0.102. The van der Waals surface area contributed by atoms with Crippen LogP contribution in [0.5, 0.6) is 0 Å². The Morgan fingerprint density at radius 1 is 1.22 bits per heavy atom. The highest BCUT2D eigenvalue weighted by atomic mass is 32.1. The van der Waals surface area contributed by atoms with E-state index in [1.165, 1.54) is 23.5 Å². The quantitative estimate of drug-likeness (QED) is 0.589. The van der Waals surface area contributed by atoms with Gasteiger partial charge in [0.15, 0.2) is 5.82 Å². The van der Waals surface area contributed by atoms with Gasteiger partial charge in [-0.05, 0) is 49.4 Å². The summed E-state index contributed by atoms with van der Waals surface area (Å²) in [5, 5.41) is 24.6. The van der Waals surface area contributed by atoms with Crippen molar-refractivity contribution in [1.29, 1.82) is 5.26 Å². The number of hydrogen-bond donors (Lipinski definition) is 1. The number of carbonyl (C=O) groups is 1. The summed E-state index contributed by atoms with van der Waals surface area (Å²) in [5.74, 6) is -0.613. The van der Waals surface area contributed by atoms with E-state index < -0.39 is 11.7 Å². The van der Waals surface area contributed by atoms with E-state index in [9.17, 15) is 9.18 Å². The van der Waals surface area contributed by atoms with E-state index in [1.807, 2.05) is 25.1 Å². The van der Waals surface area contributed by atoms with Crippen molar-refractivity contribution >= 4 is 27.9 Å². The zero-order chi connectivity index (χ0) is 19.0. The monoisotopic (exact) mass is 378 g/mol.